The van der Waals surface area contributed by atoms with Crippen LogP contribution in [-0.4, -0.2) is 35.9 Å². The van der Waals surface area contributed by atoms with Crippen LogP contribution in [0.4, 0.5) is 5.69 Å². The summed E-state index contributed by atoms with van der Waals surface area (Å²) in [6.45, 7) is 7.60. The Morgan fingerprint density at radius 3 is 2.48 bits per heavy atom. The molecule has 33 heavy (non-hydrogen) atoms. The Labute approximate surface area is 201 Å². The smallest absolute Gasteiger partial charge is 0.329 e. The largest absolute Gasteiger partial charge is 0.480 e. The fourth-order valence-electron chi connectivity index (χ4n) is 4.95. The summed E-state index contributed by atoms with van der Waals surface area (Å²) in [6.07, 6.45) is 5.76. The van der Waals surface area contributed by atoms with E-state index in [0.717, 1.165) is 45.8 Å². The number of carboxylic acid groups (broad SMARTS) is 1. The molecule has 0 spiro atoms. The van der Waals surface area contributed by atoms with Crippen LogP contribution in [0.3, 0.4) is 0 Å². The predicted octanol–water partition coefficient (Wildman–Crippen LogP) is 6.44. The third kappa shape index (κ3) is 5.06. The molecule has 5 nitrogen and oxygen atoms in total. The van der Waals surface area contributed by atoms with Gasteiger partial charge in [0.2, 0.25) is 0 Å². The second kappa shape index (κ2) is 10.0. The quantitative estimate of drug-likeness (QED) is 0.486. The molecule has 2 fully saturated rings. The highest BCUT2D eigenvalue weighted by Crippen LogP contribution is 2.38. The zero-order valence-corrected chi connectivity index (χ0v) is 20.6. The molecule has 1 heterocycles. The van der Waals surface area contributed by atoms with Gasteiger partial charge < -0.3 is 19.9 Å². The summed E-state index contributed by atoms with van der Waals surface area (Å²) in [5.41, 5.74) is 6.30. The second-order valence-corrected chi connectivity index (χ2v) is 9.90. The van der Waals surface area contributed by atoms with Crippen molar-refractivity contribution in [2.75, 3.05) is 18.5 Å². The first-order valence-corrected chi connectivity index (χ1v) is 12.3. The number of benzene rings is 2. The van der Waals surface area contributed by atoms with E-state index < -0.39 is 11.5 Å². The molecule has 4 rings (SSSR count). The zero-order valence-electron chi connectivity index (χ0n) is 19.8. The van der Waals surface area contributed by atoms with E-state index in [-0.39, 0.29) is 6.10 Å². The first kappa shape index (κ1) is 24.1. The number of hydrogen-bond acceptors (Lipinski definition) is 4. The summed E-state index contributed by atoms with van der Waals surface area (Å²) in [7, 11) is 0. The van der Waals surface area contributed by atoms with Crippen LogP contribution in [0.5, 0.6) is 0 Å². The molecule has 1 aliphatic heterocycles. The van der Waals surface area contributed by atoms with Gasteiger partial charge in [0.05, 0.1) is 17.7 Å². The monoisotopic (exact) mass is 471 g/mol. The predicted molar refractivity (Wildman–Crippen MR) is 132 cm³/mol. The van der Waals surface area contributed by atoms with E-state index in [4.69, 9.17) is 21.1 Å². The molecule has 0 radical (unpaired) electrons. The van der Waals surface area contributed by atoms with Gasteiger partial charge in [-0.3, -0.25) is 0 Å². The lowest BCUT2D eigenvalue weighted by Crippen LogP contribution is -2.50. The first-order chi connectivity index (χ1) is 15.8. The normalized spacial score (nSPS) is 18.4. The summed E-state index contributed by atoms with van der Waals surface area (Å²) < 4.78 is 11.7. The van der Waals surface area contributed by atoms with Crippen LogP contribution in [0.2, 0.25) is 5.02 Å². The van der Waals surface area contributed by atoms with E-state index in [9.17, 15) is 9.90 Å². The molecule has 0 bridgehead atoms. The lowest BCUT2D eigenvalue weighted by Gasteiger charge is -2.35. The van der Waals surface area contributed by atoms with Crippen molar-refractivity contribution in [3.63, 3.8) is 0 Å². The molecule has 0 atom stereocenters. The number of halogens is 1. The number of nitrogens with one attached hydrogen (secondary N) is 1. The fraction of sp³-hybridized carbons (Fsp3) is 0.519. The summed E-state index contributed by atoms with van der Waals surface area (Å²) in [6, 6.07) is 8.17. The van der Waals surface area contributed by atoms with Crippen LogP contribution in [0.25, 0.3) is 11.1 Å². The Bertz CT molecular complexity index is 1020. The van der Waals surface area contributed by atoms with Crippen molar-refractivity contribution in [3.8, 4) is 11.1 Å². The minimum atomic E-state index is -1.02. The van der Waals surface area contributed by atoms with Crippen LogP contribution in [-0.2, 0) is 20.9 Å². The van der Waals surface area contributed by atoms with E-state index in [2.05, 4.69) is 32.2 Å². The van der Waals surface area contributed by atoms with Gasteiger partial charge in [0.25, 0.3) is 0 Å². The molecule has 2 aromatic rings. The van der Waals surface area contributed by atoms with Crippen molar-refractivity contribution in [3.05, 3.63) is 51.5 Å². The molecule has 2 aromatic carbocycles. The maximum absolute atomic E-state index is 12.1. The summed E-state index contributed by atoms with van der Waals surface area (Å²) in [5.74, 6) is -0.841. The Morgan fingerprint density at radius 1 is 1.12 bits per heavy atom. The van der Waals surface area contributed by atoms with Crippen molar-refractivity contribution in [1.29, 1.82) is 0 Å². The van der Waals surface area contributed by atoms with Crippen LogP contribution < -0.4 is 5.32 Å². The first-order valence-electron chi connectivity index (χ1n) is 11.9. The third-order valence-electron chi connectivity index (χ3n) is 7.39. The van der Waals surface area contributed by atoms with E-state index in [1.165, 1.54) is 24.0 Å². The van der Waals surface area contributed by atoms with Gasteiger partial charge in [0.15, 0.2) is 0 Å². The molecule has 2 aliphatic rings. The van der Waals surface area contributed by atoms with Crippen LogP contribution in [0.15, 0.2) is 24.3 Å². The molecule has 6 heteroatoms. The maximum atomic E-state index is 12.1. The number of carbonyl (C=O) groups is 1. The van der Waals surface area contributed by atoms with Gasteiger partial charge in [-0.05, 0) is 79.6 Å². The van der Waals surface area contributed by atoms with Crippen molar-refractivity contribution in [2.45, 2.75) is 77.5 Å². The molecule has 0 aromatic heterocycles. The lowest BCUT2D eigenvalue weighted by atomic mass is 9.89. The van der Waals surface area contributed by atoms with Gasteiger partial charge >= 0.3 is 5.97 Å². The Morgan fingerprint density at radius 2 is 1.82 bits per heavy atom. The number of aliphatic carboxylic acids is 1. The Kier molecular flexibility index (Phi) is 7.32. The number of carboxylic acids is 1. The van der Waals surface area contributed by atoms with Gasteiger partial charge in [-0.15, -0.1) is 0 Å². The number of aryl methyl sites for hydroxylation is 1. The molecule has 2 N–H and O–H groups in total. The van der Waals surface area contributed by atoms with Crippen LogP contribution in [0, 0.1) is 20.8 Å². The van der Waals surface area contributed by atoms with Crippen LogP contribution >= 0.6 is 11.6 Å². The van der Waals surface area contributed by atoms with Gasteiger partial charge in [-0.1, -0.05) is 30.5 Å². The molecular weight excluding hydrogens is 438 g/mol. The average Bonchev–Trinajstić information content (AvgIpc) is 3.33. The Balaban J connectivity index is 1.71. The number of ether oxygens (including phenoxy) is 2. The molecule has 0 unspecified atom stereocenters. The van der Waals surface area contributed by atoms with Gasteiger partial charge in [-0.25, -0.2) is 4.79 Å². The molecule has 178 valence electrons. The molecular formula is C27H34ClNO4. The highest BCUT2D eigenvalue weighted by molar-refractivity contribution is 6.34. The molecule has 1 aliphatic carbocycles. The molecule has 1 saturated carbocycles. The van der Waals surface area contributed by atoms with Crippen molar-refractivity contribution in [1.82, 2.24) is 0 Å². The van der Waals surface area contributed by atoms with E-state index >= 15 is 0 Å². The Hall–Kier alpha value is -2.08. The SMILES string of the molecule is Cc1cc(-c2ccc(NC3(C(=O)O)CCOCC3)cc2COC2CCCC2)c(Cl)c(C)c1C. The summed E-state index contributed by atoms with van der Waals surface area (Å²) in [5, 5.41) is 14.0. The zero-order chi connectivity index (χ0) is 23.6. The van der Waals surface area contributed by atoms with Crippen LogP contribution in [0.1, 0.15) is 60.8 Å². The van der Waals surface area contributed by atoms with E-state index in [1.54, 1.807) is 0 Å². The van der Waals surface area contributed by atoms with E-state index in [1.807, 2.05) is 18.2 Å². The maximum Gasteiger partial charge on any atom is 0.329 e. The average molecular weight is 472 g/mol. The summed E-state index contributed by atoms with van der Waals surface area (Å²) >= 11 is 6.82. The van der Waals surface area contributed by atoms with E-state index in [0.29, 0.717) is 32.7 Å². The minimum absolute atomic E-state index is 0.285. The highest BCUT2D eigenvalue weighted by atomic mass is 35.5. The van der Waals surface area contributed by atoms with Gasteiger partial charge in [0.1, 0.15) is 5.54 Å². The van der Waals surface area contributed by atoms with Crippen molar-refractivity contribution < 1.29 is 19.4 Å². The topological polar surface area (TPSA) is 67.8 Å². The number of rotatable bonds is 7. The van der Waals surface area contributed by atoms with Gasteiger partial charge in [0, 0.05) is 37.3 Å². The number of anilines is 1. The highest BCUT2D eigenvalue weighted by Gasteiger charge is 2.40. The second-order valence-electron chi connectivity index (χ2n) is 9.52. The standard InChI is InChI=1S/C27H34ClNO4/c1-17-14-24(25(28)19(3)18(17)2)23-9-8-21(15-20(23)16-33-22-6-4-5-7-22)29-27(26(30)31)10-12-32-13-11-27/h8-9,14-15,22,29H,4-7,10-13,16H2,1-3H3,(H,30,31). The van der Waals surface area contributed by atoms with Gasteiger partial charge in [-0.2, -0.15) is 0 Å². The molecule has 0 amide bonds. The lowest BCUT2D eigenvalue weighted by molar-refractivity contribution is -0.145. The summed E-state index contributed by atoms with van der Waals surface area (Å²) in [4.78, 5) is 12.1. The fourth-order valence-corrected chi connectivity index (χ4v) is 5.25. The molecule has 1 saturated heterocycles. The number of hydrogen-bond donors (Lipinski definition) is 2. The van der Waals surface area contributed by atoms with Crippen molar-refractivity contribution in [2.24, 2.45) is 0 Å². The minimum Gasteiger partial charge on any atom is -0.480 e. The third-order valence-corrected chi connectivity index (χ3v) is 7.88. The van der Waals surface area contributed by atoms with Crippen molar-refractivity contribution >= 4 is 23.3 Å².